The van der Waals surface area contributed by atoms with Gasteiger partial charge in [-0.05, 0) is 6.42 Å². The second kappa shape index (κ2) is 4.07. The summed E-state index contributed by atoms with van der Waals surface area (Å²) >= 11 is 0. The standard InChI is InChI=1S/C7H18B2O/c1-6(2)7(8,9)4-5-10-3/h6H,4-5,8-9H2,1-3H3. The number of hydrogen-bond acceptors (Lipinski definition) is 1. The second-order valence-corrected chi connectivity index (χ2v) is 3.89. The number of methoxy groups -OCH3 is 1. The Balaban J connectivity index is 3.63. The molecular weight excluding hydrogens is 122 g/mol. The van der Waals surface area contributed by atoms with Gasteiger partial charge in [0.2, 0.25) is 0 Å². The molecule has 10 heavy (non-hydrogen) atoms. The number of rotatable bonds is 4. The van der Waals surface area contributed by atoms with E-state index in [1.165, 1.54) is 0 Å². The van der Waals surface area contributed by atoms with Crippen molar-refractivity contribution in [1.82, 2.24) is 0 Å². The molecular formula is C7H18B2O. The summed E-state index contributed by atoms with van der Waals surface area (Å²) in [5.41, 5.74) is 0. The highest BCUT2D eigenvalue weighted by Gasteiger charge is 2.21. The van der Waals surface area contributed by atoms with Gasteiger partial charge in [0.05, 0.1) is 15.7 Å². The highest BCUT2D eigenvalue weighted by atomic mass is 16.5. The van der Waals surface area contributed by atoms with Gasteiger partial charge in [-0.3, -0.25) is 0 Å². The molecule has 0 N–H and O–H groups in total. The van der Waals surface area contributed by atoms with Crippen LogP contribution >= 0.6 is 0 Å². The van der Waals surface area contributed by atoms with Crippen LogP contribution < -0.4 is 0 Å². The van der Waals surface area contributed by atoms with E-state index in [4.69, 9.17) is 4.74 Å². The molecule has 0 saturated heterocycles. The molecule has 0 aromatic rings. The van der Waals surface area contributed by atoms with Gasteiger partial charge >= 0.3 is 0 Å². The van der Waals surface area contributed by atoms with E-state index in [1.807, 2.05) is 0 Å². The normalized spacial score (nSPS) is 12.4. The molecule has 0 radical (unpaired) electrons. The van der Waals surface area contributed by atoms with Crippen molar-refractivity contribution in [2.24, 2.45) is 5.92 Å². The third kappa shape index (κ3) is 3.31. The van der Waals surface area contributed by atoms with E-state index in [0.717, 1.165) is 18.9 Å². The zero-order valence-electron chi connectivity index (χ0n) is 7.90. The fourth-order valence-corrected chi connectivity index (χ4v) is 0.654. The van der Waals surface area contributed by atoms with Gasteiger partial charge in [0.15, 0.2) is 0 Å². The molecule has 0 heterocycles. The molecule has 0 aliphatic heterocycles. The van der Waals surface area contributed by atoms with Crippen molar-refractivity contribution in [2.45, 2.75) is 25.5 Å². The van der Waals surface area contributed by atoms with E-state index >= 15 is 0 Å². The number of ether oxygens (including phenoxy) is 1. The SMILES string of the molecule is BC(B)(CCOC)C(C)C. The van der Waals surface area contributed by atoms with Gasteiger partial charge in [0, 0.05) is 13.7 Å². The fraction of sp³-hybridized carbons (Fsp3) is 1.00. The van der Waals surface area contributed by atoms with Gasteiger partial charge in [-0.2, -0.15) is 0 Å². The van der Waals surface area contributed by atoms with Gasteiger partial charge in [-0.25, -0.2) is 0 Å². The molecule has 0 bridgehead atoms. The molecule has 0 aromatic heterocycles. The first kappa shape index (κ1) is 10.1. The minimum Gasteiger partial charge on any atom is -0.385 e. The van der Waals surface area contributed by atoms with Crippen LogP contribution in [0.5, 0.6) is 0 Å². The zero-order chi connectivity index (χ0) is 8.20. The Labute approximate surface area is 66.3 Å². The van der Waals surface area contributed by atoms with Crippen molar-refractivity contribution in [3.63, 3.8) is 0 Å². The van der Waals surface area contributed by atoms with E-state index in [1.54, 1.807) is 7.11 Å². The lowest BCUT2D eigenvalue weighted by atomic mass is 9.47. The summed E-state index contributed by atoms with van der Waals surface area (Å²) in [5.74, 6) is 0.739. The van der Waals surface area contributed by atoms with Crippen LogP contribution in [0.25, 0.3) is 0 Å². The summed E-state index contributed by atoms with van der Waals surface area (Å²) in [4.78, 5) is 0. The van der Waals surface area contributed by atoms with E-state index < -0.39 is 0 Å². The van der Waals surface area contributed by atoms with Crippen molar-refractivity contribution >= 4 is 15.7 Å². The Kier molecular flexibility index (Phi) is 4.11. The summed E-state index contributed by atoms with van der Waals surface area (Å²) in [5, 5.41) is 0.427. The monoisotopic (exact) mass is 140 g/mol. The average Bonchev–Trinajstić information content (AvgIpc) is 1.84. The van der Waals surface area contributed by atoms with Crippen molar-refractivity contribution in [1.29, 1.82) is 0 Å². The van der Waals surface area contributed by atoms with E-state index in [0.29, 0.717) is 5.21 Å². The maximum Gasteiger partial charge on any atom is 0.0996 e. The molecule has 0 spiro atoms. The predicted molar refractivity (Wildman–Crippen MR) is 51.1 cm³/mol. The summed E-state index contributed by atoms with van der Waals surface area (Å²) in [6.45, 7) is 5.40. The predicted octanol–water partition coefficient (Wildman–Crippen LogP) is 0.0613. The lowest BCUT2D eigenvalue weighted by Crippen LogP contribution is -2.21. The minimum atomic E-state index is 0.427. The lowest BCUT2D eigenvalue weighted by Gasteiger charge is -2.28. The summed E-state index contributed by atoms with van der Waals surface area (Å²) < 4.78 is 5.03. The third-order valence-electron chi connectivity index (χ3n) is 2.51. The number of hydrogen-bond donors (Lipinski definition) is 0. The van der Waals surface area contributed by atoms with Gasteiger partial charge in [0.25, 0.3) is 0 Å². The summed E-state index contributed by atoms with van der Waals surface area (Å²) in [6, 6.07) is 0. The molecule has 0 atom stereocenters. The smallest absolute Gasteiger partial charge is 0.0996 e. The quantitative estimate of drug-likeness (QED) is 0.501. The van der Waals surface area contributed by atoms with Crippen molar-refractivity contribution in [2.75, 3.05) is 13.7 Å². The van der Waals surface area contributed by atoms with Gasteiger partial charge in [0.1, 0.15) is 0 Å². The Morgan fingerprint density at radius 2 is 1.90 bits per heavy atom. The summed E-state index contributed by atoms with van der Waals surface area (Å²) in [7, 11) is 6.34. The lowest BCUT2D eigenvalue weighted by molar-refractivity contribution is 0.184. The Bertz CT molecular complexity index is 91.6. The molecule has 0 fully saturated rings. The minimum absolute atomic E-state index is 0.427. The Morgan fingerprint density at radius 3 is 2.20 bits per heavy atom. The maximum atomic E-state index is 5.03. The third-order valence-corrected chi connectivity index (χ3v) is 2.51. The van der Waals surface area contributed by atoms with E-state index in [-0.39, 0.29) is 0 Å². The second-order valence-electron chi connectivity index (χ2n) is 3.89. The fourth-order valence-electron chi connectivity index (χ4n) is 0.654. The summed E-state index contributed by atoms with van der Waals surface area (Å²) in [6.07, 6.45) is 1.15. The first-order chi connectivity index (χ1) is 4.50. The Morgan fingerprint density at radius 1 is 1.40 bits per heavy atom. The highest BCUT2D eigenvalue weighted by molar-refractivity contribution is 6.39. The van der Waals surface area contributed by atoms with Crippen LogP contribution in [-0.2, 0) is 4.74 Å². The van der Waals surface area contributed by atoms with Crippen LogP contribution in [0.2, 0.25) is 5.21 Å². The molecule has 0 amide bonds. The van der Waals surface area contributed by atoms with Crippen molar-refractivity contribution < 1.29 is 4.74 Å². The van der Waals surface area contributed by atoms with Gasteiger partial charge < -0.3 is 4.74 Å². The van der Waals surface area contributed by atoms with Crippen LogP contribution in [0.4, 0.5) is 0 Å². The topological polar surface area (TPSA) is 9.23 Å². The largest absolute Gasteiger partial charge is 0.385 e. The molecule has 3 heteroatoms. The average molecular weight is 140 g/mol. The first-order valence-corrected chi connectivity index (χ1v) is 3.99. The van der Waals surface area contributed by atoms with Crippen LogP contribution in [0.15, 0.2) is 0 Å². The maximum absolute atomic E-state index is 5.03. The van der Waals surface area contributed by atoms with E-state index in [2.05, 4.69) is 29.5 Å². The zero-order valence-corrected chi connectivity index (χ0v) is 7.90. The molecule has 0 aromatic carbocycles. The van der Waals surface area contributed by atoms with E-state index in [9.17, 15) is 0 Å². The first-order valence-electron chi connectivity index (χ1n) is 3.99. The molecule has 0 rings (SSSR count). The van der Waals surface area contributed by atoms with Crippen molar-refractivity contribution in [3.8, 4) is 0 Å². The van der Waals surface area contributed by atoms with Crippen molar-refractivity contribution in [3.05, 3.63) is 0 Å². The van der Waals surface area contributed by atoms with Gasteiger partial charge in [-0.15, -0.1) is 0 Å². The van der Waals surface area contributed by atoms with Crippen LogP contribution in [0, 0.1) is 5.92 Å². The molecule has 0 aliphatic carbocycles. The molecule has 1 nitrogen and oxygen atoms in total. The van der Waals surface area contributed by atoms with Crippen LogP contribution in [-0.4, -0.2) is 29.4 Å². The van der Waals surface area contributed by atoms with Crippen LogP contribution in [0.1, 0.15) is 20.3 Å². The molecule has 0 aliphatic rings. The molecule has 0 unspecified atom stereocenters. The highest BCUT2D eigenvalue weighted by Crippen LogP contribution is 2.30. The Hall–Kier alpha value is 0.0899. The van der Waals surface area contributed by atoms with Crippen LogP contribution in [0.3, 0.4) is 0 Å². The molecule has 0 saturated carbocycles. The van der Waals surface area contributed by atoms with Gasteiger partial charge in [-0.1, -0.05) is 25.0 Å². The molecule has 58 valence electrons.